The molecule has 0 aliphatic carbocycles. The van der Waals surface area contributed by atoms with E-state index in [9.17, 15) is 9.59 Å². The number of rotatable bonds is 3. The first-order valence-electron chi connectivity index (χ1n) is 4.41. The lowest BCUT2D eigenvalue weighted by Gasteiger charge is -2.14. The fourth-order valence-corrected chi connectivity index (χ4v) is 1.04. The second-order valence-corrected chi connectivity index (χ2v) is 2.97. The van der Waals surface area contributed by atoms with Crippen LogP contribution in [0.15, 0.2) is 42.5 Å². The lowest BCUT2D eigenvalue weighted by atomic mass is 10.3. The smallest absolute Gasteiger partial charge is 0.250 e. The molecule has 78 valence electrons. The van der Waals surface area contributed by atoms with Crippen LogP contribution in [0.25, 0.3) is 0 Å². The largest absolute Gasteiger partial charge is 0.366 e. The van der Waals surface area contributed by atoms with Crippen LogP contribution >= 0.6 is 0 Å². The Bertz CT molecular complexity index is 385. The summed E-state index contributed by atoms with van der Waals surface area (Å²) in [7, 11) is 1.63. The lowest BCUT2D eigenvalue weighted by Crippen LogP contribution is -2.24. The highest BCUT2D eigenvalue weighted by molar-refractivity contribution is 6.04. The summed E-state index contributed by atoms with van der Waals surface area (Å²) in [5.41, 5.74) is 5.64. The third-order valence-corrected chi connectivity index (χ3v) is 1.86. The van der Waals surface area contributed by atoms with E-state index >= 15 is 0 Å². The van der Waals surface area contributed by atoms with Crippen LogP contribution in [-0.2, 0) is 9.59 Å². The highest BCUT2D eigenvalue weighted by Crippen LogP contribution is 2.10. The minimum atomic E-state index is -0.634. The normalized spacial score (nSPS) is 10.2. The Kier molecular flexibility index (Phi) is 3.62. The molecule has 0 heterocycles. The molecule has 2 amide bonds. The molecule has 0 aliphatic rings. The van der Waals surface area contributed by atoms with Crippen molar-refractivity contribution in [2.45, 2.75) is 0 Å². The molecule has 4 nitrogen and oxygen atoms in total. The topological polar surface area (TPSA) is 63.4 Å². The fourth-order valence-electron chi connectivity index (χ4n) is 1.04. The quantitative estimate of drug-likeness (QED) is 0.736. The van der Waals surface area contributed by atoms with Crippen LogP contribution in [0.1, 0.15) is 0 Å². The molecule has 1 aromatic carbocycles. The van der Waals surface area contributed by atoms with Gasteiger partial charge in [0.1, 0.15) is 0 Å². The van der Waals surface area contributed by atoms with Crippen LogP contribution in [0.3, 0.4) is 0 Å². The van der Waals surface area contributed by atoms with E-state index in [4.69, 9.17) is 5.73 Å². The van der Waals surface area contributed by atoms with Crippen molar-refractivity contribution < 1.29 is 9.59 Å². The predicted octanol–water partition coefficient (Wildman–Crippen LogP) is 0.691. The maximum Gasteiger partial charge on any atom is 0.250 e. The van der Waals surface area contributed by atoms with Gasteiger partial charge in [-0.05, 0) is 12.1 Å². The van der Waals surface area contributed by atoms with Gasteiger partial charge >= 0.3 is 0 Å². The average molecular weight is 204 g/mol. The van der Waals surface area contributed by atoms with E-state index in [1.807, 2.05) is 18.2 Å². The molecule has 0 fully saturated rings. The highest BCUT2D eigenvalue weighted by Gasteiger charge is 2.06. The second-order valence-electron chi connectivity index (χ2n) is 2.97. The molecule has 1 aromatic rings. The van der Waals surface area contributed by atoms with Crippen molar-refractivity contribution in [1.29, 1.82) is 0 Å². The Morgan fingerprint density at radius 1 is 1.20 bits per heavy atom. The number of carbonyl (C=O) groups is 2. The van der Waals surface area contributed by atoms with Gasteiger partial charge in [0.15, 0.2) is 0 Å². The minimum Gasteiger partial charge on any atom is -0.366 e. The Balaban J connectivity index is 2.74. The molecule has 0 bridgehead atoms. The van der Waals surface area contributed by atoms with Gasteiger partial charge in [-0.25, -0.2) is 0 Å². The molecular formula is C11H12N2O2. The zero-order valence-corrected chi connectivity index (χ0v) is 8.38. The summed E-state index contributed by atoms with van der Waals surface area (Å²) in [5, 5.41) is 0. The lowest BCUT2D eigenvalue weighted by molar-refractivity contribution is -0.115. The standard InChI is InChI=1S/C11H12N2O2/c1-13(9-5-3-2-4-6-9)11(15)8-7-10(12)14/h2-8H,1H3,(H2,12,14)/b8-7+. The fraction of sp³-hybridized carbons (Fsp3) is 0.0909. The van der Waals surface area contributed by atoms with E-state index < -0.39 is 5.91 Å². The Morgan fingerprint density at radius 2 is 1.80 bits per heavy atom. The first-order valence-corrected chi connectivity index (χ1v) is 4.41. The van der Waals surface area contributed by atoms with Gasteiger partial charge < -0.3 is 10.6 Å². The minimum absolute atomic E-state index is 0.292. The number of anilines is 1. The van der Waals surface area contributed by atoms with Gasteiger partial charge in [0.2, 0.25) is 5.91 Å². The van der Waals surface area contributed by atoms with Gasteiger partial charge in [0.05, 0.1) is 0 Å². The number of amides is 2. The number of primary amides is 1. The number of hydrogen-bond donors (Lipinski definition) is 1. The van der Waals surface area contributed by atoms with Crippen molar-refractivity contribution in [3.8, 4) is 0 Å². The third-order valence-electron chi connectivity index (χ3n) is 1.86. The van der Waals surface area contributed by atoms with Crippen LogP contribution in [0, 0.1) is 0 Å². The van der Waals surface area contributed by atoms with E-state index in [2.05, 4.69) is 0 Å². The summed E-state index contributed by atoms with van der Waals surface area (Å²) >= 11 is 0. The summed E-state index contributed by atoms with van der Waals surface area (Å²) in [6.07, 6.45) is 2.19. The molecule has 0 aliphatic heterocycles. The van der Waals surface area contributed by atoms with Gasteiger partial charge in [0, 0.05) is 24.9 Å². The zero-order valence-electron chi connectivity index (χ0n) is 8.38. The number of hydrogen-bond acceptors (Lipinski definition) is 2. The van der Waals surface area contributed by atoms with Gasteiger partial charge in [-0.2, -0.15) is 0 Å². The Hall–Kier alpha value is -2.10. The number of nitrogens with two attached hydrogens (primary N) is 1. The summed E-state index contributed by atoms with van der Waals surface area (Å²) in [5.74, 6) is -0.926. The summed E-state index contributed by atoms with van der Waals surface area (Å²) < 4.78 is 0. The number of nitrogens with zero attached hydrogens (tertiary/aromatic N) is 1. The molecule has 0 radical (unpaired) electrons. The summed E-state index contributed by atoms with van der Waals surface area (Å²) in [6, 6.07) is 9.13. The monoisotopic (exact) mass is 204 g/mol. The molecule has 0 saturated heterocycles. The number of likely N-dealkylation sites (N-methyl/N-ethyl adjacent to an activating group) is 1. The predicted molar refractivity (Wildman–Crippen MR) is 58.2 cm³/mol. The highest BCUT2D eigenvalue weighted by atomic mass is 16.2. The number of para-hydroxylation sites is 1. The van der Waals surface area contributed by atoms with E-state index in [-0.39, 0.29) is 5.91 Å². The van der Waals surface area contributed by atoms with E-state index in [1.165, 1.54) is 4.90 Å². The van der Waals surface area contributed by atoms with E-state index in [1.54, 1.807) is 19.2 Å². The van der Waals surface area contributed by atoms with Gasteiger partial charge in [-0.3, -0.25) is 9.59 Å². The van der Waals surface area contributed by atoms with Crippen molar-refractivity contribution in [2.24, 2.45) is 5.73 Å². The molecule has 1 rings (SSSR count). The molecule has 15 heavy (non-hydrogen) atoms. The number of carbonyl (C=O) groups excluding carboxylic acids is 2. The summed E-state index contributed by atoms with van der Waals surface area (Å²) in [4.78, 5) is 23.3. The van der Waals surface area contributed by atoms with Crippen molar-refractivity contribution >= 4 is 17.5 Å². The van der Waals surface area contributed by atoms with Crippen LogP contribution in [0.5, 0.6) is 0 Å². The van der Waals surface area contributed by atoms with E-state index in [0.29, 0.717) is 0 Å². The van der Waals surface area contributed by atoms with Gasteiger partial charge in [0.25, 0.3) is 5.91 Å². The Morgan fingerprint density at radius 3 is 2.33 bits per heavy atom. The van der Waals surface area contributed by atoms with Gasteiger partial charge in [-0.15, -0.1) is 0 Å². The number of benzene rings is 1. The van der Waals surface area contributed by atoms with Crippen LogP contribution < -0.4 is 10.6 Å². The second kappa shape index (κ2) is 4.95. The summed E-state index contributed by atoms with van der Waals surface area (Å²) in [6.45, 7) is 0. The maximum atomic E-state index is 11.5. The molecule has 2 N–H and O–H groups in total. The first-order chi connectivity index (χ1) is 7.11. The van der Waals surface area contributed by atoms with Crippen molar-refractivity contribution in [3.05, 3.63) is 42.5 Å². The SMILES string of the molecule is CN(C(=O)/C=C/C(N)=O)c1ccccc1. The van der Waals surface area contributed by atoms with Crippen molar-refractivity contribution in [2.75, 3.05) is 11.9 Å². The molecule has 0 atom stereocenters. The Labute approximate surface area is 88.0 Å². The van der Waals surface area contributed by atoms with Crippen molar-refractivity contribution in [3.63, 3.8) is 0 Å². The maximum absolute atomic E-state index is 11.5. The van der Waals surface area contributed by atoms with Crippen LogP contribution in [0.4, 0.5) is 5.69 Å². The van der Waals surface area contributed by atoms with Crippen LogP contribution in [-0.4, -0.2) is 18.9 Å². The molecule has 0 aromatic heterocycles. The molecule has 4 heteroatoms. The zero-order chi connectivity index (χ0) is 11.3. The van der Waals surface area contributed by atoms with Gasteiger partial charge in [-0.1, -0.05) is 18.2 Å². The first kappa shape index (κ1) is 11.0. The molecule has 0 saturated carbocycles. The molecule has 0 unspecified atom stereocenters. The van der Waals surface area contributed by atoms with Crippen LogP contribution in [0.2, 0.25) is 0 Å². The van der Waals surface area contributed by atoms with E-state index in [0.717, 1.165) is 17.8 Å². The average Bonchev–Trinajstić information content (AvgIpc) is 2.26. The third kappa shape index (κ3) is 3.27. The molecule has 0 spiro atoms. The van der Waals surface area contributed by atoms with Crippen molar-refractivity contribution in [1.82, 2.24) is 0 Å². The molecular weight excluding hydrogens is 192 g/mol.